The number of hydrogen-bond acceptors (Lipinski definition) is 5. The summed E-state index contributed by atoms with van der Waals surface area (Å²) in [5, 5.41) is 7.08. The quantitative estimate of drug-likeness (QED) is 0.692. The van der Waals surface area contributed by atoms with Crippen molar-refractivity contribution in [3.63, 3.8) is 0 Å². The van der Waals surface area contributed by atoms with Crippen LogP contribution in [-0.2, 0) is 16.4 Å². The molecule has 8 heteroatoms. The molecular weight excluding hydrogens is 356 g/mol. The second-order valence-corrected chi connectivity index (χ2v) is 8.95. The maximum absolute atomic E-state index is 12.8. The summed E-state index contributed by atoms with van der Waals surface area (Å²) < 4.78 is 28.2. The summed E-state index contributed by atoms with van der Waals surface area (Å²) in [4.78, 5) is 6.12. The number of pyridine rings is 1. The molecule has 1 unspecified atom stereocenters. The summed E-state index contributed by atoms with van der Waals surface area (Å²) >= 11 is 1.42. The van der Waals surface area contributed by atoms with Crippen LogP contribution in [0, 0.1) is 13.8 Å². The van der Waals surface area contributed by atoms with E-state index in [1.165, 1.54) is 11.3 Å². The Morgan fingerprint density at radius 1 is 1.28 bits per heavy atom. The molecule has 3 aromatic heterocycles. The van der Waals surface area contributed by atoms with Gasteiger partial charge in [0.25, 0.3) is 0 Å². The number of sulfonamides is 1. The minimum absolute atomic E-state index is 0.254. The van der Waals surface area contributed by atoms with Gasteiger partial charge in [0, 0.05) is 34.9 Å². The normalized spacial score (nSPS) is 13.1. The fourth-order valence-corrected chi connectivity index (χ4v) is 5.40. The van der Waals surface area contributed by atoms with Gasteiger partial charge in [-0.15, -0.1) is 11.3 Å². The minimum Gasteiger partial charge on any atom is -0.282 e. The number of aromatic amines is 1. The highest BCUT2D eigenvalue weighted by atomic mass is 32.2. The molecule has 0 aliphatic heterocycles. The van der Waals surface area contributed by atoms with Crippen molar-refractivity contribution >= 4 is 21.4 Å². The first-order chi connectivity index (χ1) is 11.8. The van der Waals surface area contributed by atoms with Crippen molar-refractivity contribution in [3.05, 3.63) is 52.8 Å². The number of rotatable bonds is 6. The molecule has 6 nitrogen and oxygen atoms in total. The van der Waals surface area contributed by atoms with E-state index in [-0.39, 0.29) is 6.04 Å². The number of H-pyrrole nitrogens is 1. The Labute approximate surface area is 151 Å². The summed E-state index contributed by atoms with van der Waals surface area (Å²) in [5.41, 5.74) is 2.55. The zero-order valence-electron chi connectivity index (χ0n) is 14.3. The lowest BCUT2D eigenvalue weighted by Gasteiger charge is -2.13. The van der Waals surface area contributed by atoms with Gasteiger partial charge >= 0.3 is 0 Å². The van der Waals surface area contributed by atoms with Crippen LogP contribution in [0.15, 0.2) is 41.4 Å². The van der Waals surface area contributed by atoms with Crippen LogP contribution in [-0.4, -0.2) is 29.6 Å². The van der Waals surface area contributed by atoms with E-state index >= 15 is 0 Å². The molecule has 3 rings (SSSR count). The molecule has 0 radical (unpaired) electrons. The van der Waals surface area contributed by atoms with Crippen molar-refractivity contribution in [2.45, 2.75) is 38.1 Å². The number of thiophene rings is 1. The Balaban J connectivity index is 1.79. The monoisotopic (exact) mass is 376 g/mol. The lowest BCUT2D eigenvalue weighted by molar-refractivity contribution is 0.558. The van der Waals surface area contributed by atoms with E-state index in [0.717, 1.165) is 26.8 Å². The van der Waals surface area contributed by atoms with Gasteiger partial charge in [-0.25, -0.2) is 13.1 Å². The molecule has 25 heavy (non-hydrogen) atoms. The number of nitrogens with one attached hydrogen (secondary N) is 2. The molecule has 0 saturated carbocycles. The fourth-order valence-electron chi connectivity index (χ4n) is 2.61. The Kier molecular flexibility index (Phi) is 5.03. The van der Waals surface area contributed by atoms with Crippen molar-refractivity contribution in [1.82, 2.24) is 19.9 Å². The first kappa shape index (κ1) is 17.8. The highest BCUT2D eigenvalue weighted by Gasteiger charge is 2.23. The van der Waals surface area contributed by atoms with Crippen LogP contribution in [0.25, 0.3) is 10.6 Å². The third-order valence-corrected chi connectivity index (χ3v) is 6.64. The van der Waals surface area contributed by atoms with E-state index in [4.69, 9.17) is 0 Å². The summed E-state index contributed by atoms with van der Waals surface area (Å²) in [6, 6.07) is 8.95. The van der Waals surface area contributed by atoms with E-state index in [0.29, 0.717) is 11.3 Å². The summed E-state index contributed by atoms with van der Waals surface area (Å²) in [7, 11) is -3.60. The fraction of sp³-hybridized carbons (Fsp3) is 0.294. The zero-order valence-corrected chi connectivity index (χ0v) is 15.9. The second-order valence-electron chi connectivity index (χ2n) is 6.01. The van der Waals surface area contributed by atoms with Crippen LogP contribution in [0.3, 0.4) is 0 Å². The van der Waals surface area contributed by atoms with Crippen LogP contribution in [0.2, 0.25) is 0 Å². The van der Waals surface area contributed by atoms with Gasteiger partial charge in [-0.2, -0.15) is 5.10 Å². The molecule has 3 heterocycles. The highest BCUT2D eigenvalue weighted by Crippen LogP contribution is 2.32. The number of nitrogens with zero attached hydrogens (tertiary/aromatic N) is 2. The Morgan fingerprint density at radius 3 is 2.72 bits per heavy atom. The van der Waals surface area contributed by atoms with Crippen molar-refractivity contribution in [1.29, 1.82) is 0 Å². The Bertz CT molecular complexity index is 962. The molecular formula is C17H20N4O2S2. The smallest absolute Gasteiger partial charge is 0.241 e. The molecule has 0 spiro atoms. The van der Waals surface area contributed by atoms with Crippen LogP contribution in [0.1, 0.15) is 23.2 Å². The molecule has 3 aromatic rings. The summed E-state index contributed by atoms with van der Waals surface area (Å²) in [6.45, 7) is 5.56. The molecule has 1 atom stereocenters. The third kappa shape index (κ3) is 4.15. The maximum atomic E-state index is 12.8. The Hall–Kier alpha value is -2.03. The molecule has 0 aliphatic rings. The maximum Gasteiger partial charge on any atom is 0.241 e. The zero-order chi connectivity index (χ0) is 18.0. The minimum atomic E-state index is -3.60. The van der Waals surface area contributed by atoms with E-state index in [1.54, 1.807) is 12.3 Å². The molecule has 0 saturated heterocycles. The van der Waals surface area contributed by atoms with Crippen molar-refractivity contribution in [3.8, 4) is 10.6 Å². The predicted octanol–water partition coefficient (Wildman–Crippen LogP) is 3.06. The van der Waals surface area contributed by atoms with Gasteiger partial charge in [0.15, 0.2) is 0 Å². The summed E-state index contributed by atoms with van der Waals surface area (Å²) in [5.74, 6) is 0. The lowest BCUT2D eigenvalue weighted by Crippen LogP contribution is -2.34. The van der Waals surface area contributed by atoms with Crippen LogP contribution in [0.4, 0.5) is 0 Å². The van der Waals surface area contributed by atoms with Gasteiger partial charge < -0.3 is 0 Å². The summed E-state index contributed by atoms with van der Waals surface area (Å²) in [6.07, 6.45) is 2.24. The van der Waals surface area contributed by atoms with Gasteiger partial charge in [-0.05, 0) is 45.0 Å². The van der Waals surface area contributed by atoms with Crippen molar-refractivity contribution in [2.24, 2.45) is 0 Å². The Morgan fingerprint density at radius 2 is 2.08 bits per heavy atom. The number of aromatic nitrogens is 3. The van der Waals surface area contributed by atoms with Crippen LogP contribution in [0.5, 0.6) is 0 Å². The molecule has 0 amide bonds. The van der Waals surface area contributed by atoms with E-state index in [1.807, 2.05) is 45.0 Å². The highest BCUT2D eigenvalue weighted by molar-refractivity contribution is 7.89. The van der Waals surface area contributed by atoms with E-state index in [2.05, 4.69) is 19.9 Å². The van der Waals surface area contributed by atoms with Crippen LogP contribution >= 0.6 is 11.3 Å². The van der Waals surface area contributed by atoms with E-state index in [9.17, 15) is 8.42 Å². The first-order valence-corrected chi connectivity index (χ1v) is 10.2. The van der Waals surface area contributed by atoms with Gasteiger partial charge in [-0.1, -0.05) is 6.07 Å². The van der Waals surface area contributed by atoms with Crippen molar-refractivity contribution in [2.75, 3.05) is 0 Å². The van der Waals surface area contributed by atoms with Gasteiger partial charge in [0.2, 0.25) is 10.0 Å². The number of hydrogen-bond donors (Lipinski definition) is 2. The van der Waals surface area contributed by atoms with Crippen LogP contribution < -0.4 is 4.72 Å². The number of aryl methyl sites for hydroxylation is 2. The van der Waals surface area contributed by atoms with Crippen molar-refractivity contribution < 1.29 is 8.42 Å². The van der Waals surface area contributed by atoms with E-state index < -0.39 is 10.0 Å². The molecule has 0 bridgehead atoms. The molecule has 2 N–H and O–H groups in total. The van der Waals surface area contributed by atoms with Gasteiger partial charge in [0.05, 0.1) is 9.77 Å². The molecule has 0 fully saturated rings. The first-order valence-electron chi connectivity index (χ1n) is 7.90. The topological polar surface area (TPSA) is 87.7 Å². The lowest BCUT2D eigenvalue weighted by atomic mass is 10.2. The second kappa shape index (κ2) is 7.07. The van der Waals surface area contributed by atoms with Gasteiger partial charge in [-0.3, -0.25) is 10.1 Å². The van der Waals surface area contributed by atoms with Gasteiger partial charge in [0.1, 0.15) is 5.69 Å². The molecule has 0 aromatic carbocycles. The largest absolute Gasteiger partial charge is 0.282 e. The average molecular weight is 377 g/mol. The molecule has 132 valence electrons. The average Bonchev–Trinajstić information content (AvgIpc) is 3.14. The standard InChI is InChI=1S/C17H20N4O2S2/c1-11-9-15(20-19-11)16-10-17(13(3)24-16)25(22,23)21-12(2)8-14-6-4-5-7-18-14/h4-7,9-10,12,21H,8H2,1-3H3,(H,19,20). The molecule has 0 aliphatic carbocycles. The predicted molar refractivity (Wildman–Crippen MR) is 99.1 cm³/mol. The SMILES string of the molecule is Cc1cc(-c2cc(S(=O)(=O)NC(C)Cc3ccccn3)c(C)s2)n[nH]1. The third-order valence-electron chi connectivity index (χ3n) is 3.72.